The van der Waals surface area contributed by atoms with Gasteiger partial charge in [0.05, 0.1) is 19.4 Å². The van der Waals surface area contributed by atoms with Crippen molar-refractivity contribution in [1.29, 1.82) is 0 Å². The number of halogens is 1. The molecule has 0 aliphatic heterocycles. The highest BCUT2D eigenvalue weighted by molar-refractivity contribution is 7.53. The van der Waals surface area contributed by atoms with Gasteiger partial charge in [-0.3, -0.25) is 4.57 Å². The summed E-state index contributed by atoms with van der Waals surface area (Å²) in [5.74, 6) is 0. The molecule has 0 aromatic heterocycles. The van der Waals surface area contributed by atoms with Gasteiger partial charge in [-0.25, -0.2) is 0 Å². The predicted molar refractivity (Wildman–Crippen MR) is 74.1 cm³/mol. The third-order valence-corrected chi connectivity index (χ3v) is 4.77. The Balaban J connectivity index is 2.74. The minimum absolute atomic E-state index is 0.163. The molecule has 1 aromatic rings. The monoisotopic (exact) mass is 291 g/mol. The van der Waals surface area contributed by atoms with Crippen LogP contribution in [-0.4, -0.2) is 19.4 Å². The molecule has 4 nitrogen and oxygen atoms in total. The molecule has 102 valence electrons. The summed E-state index contributed by atoms with van der Waals surface area (Å²) < 4.78 is 22.7. The molecule has 2 N–H and O–H groups in total. The molecule has 1 atom stereocenters. The maximum atomic E-state index is 12.3. The van der Waals surface area contributed by atoms with Crippen molar-refractivity contribution in [1.82, 2.24) is 0 Å². The lowest BCUT2D eigenvalue weighted by molar-refractivity contribution is 0.218. The van der Waals surface area contributed by atoms with Crippen molar-refractivity contribution in [2.24, 2.45) is 5.73 Å². The Hall–Kier alpha value is -0.380. The number of benzene rings is 1. The van der Waals surface area contributed by atoms with Crippen LogP contribution in [0.1, 0.15) is 25.5 Å². The highest BCUT2D eigenvalue weighted by atomic mass is 35.5. The second-order valence-corrected chi connectivity index (χ2v) is 6.33. The van der Waals surface area contributed by atoms with Crippen LogP contribution >= 0.6 is 19.2 Å². The Morgan fingerprint density at radius 3 is 2.17 bits per heavy atom. The fourth-order valence-electron chi connectivity index (χ4n) is 1.59. The van der Waals surface area contributed by atoms with Gasteiger partial charge < -0.3 is 14.8 Å². The molecule has 0 saturated carbocycles. The molecule has 0 radical (unpaired) electrons. The van der Waals surface area contributed by atoms with Crippen LogP contribution in [0, 0.1) is 0 Å². The first-order chi connectivity index (χ1) is 8.50. The Morgan fingerprint density at radius 1 is 1.22 bits per heavy atom. The quantitative estimate of drug-likeness (QED) is 0.780. The fourth-order valence-corrected chi connectivity index (χ4v) is 3.48. The Labute approximate surface area is 113 Å². The van der Waals surface area contributed by atoms with Crippen molar-refractivity contribution in [2.45, 2.75) is 19.9 Å². The second-order valence-electron chi connectivity index (χ2n) is 3.79. The summed E-state index contributed by atoms with van der Waals surface area (Å²) in [5, 5.41) is 0.642. The topological polar surface area (TPSA) is 61.5 Å². The molecule has 0 aliphatic rings. The summed E-state index contributed by atoms with van der Waals surface area (Å²) in [7, 11) is -3.11. The van der Waals surface area contributed by atoms with Gasteiger partial charge in [0.15, 0.2) is 0 Å². The van der Waals surface area contributed by atoms with Crippen LogP contribution < -0.4 is 5.73 Å². The first-order valence-corrected chi connectivity index (χ1v) is 8.00. The van der Waals surface area contributed by atoms with Gasteiger partial charge in [0.1, 0.15) is 0 Å². The number of rotatable bonds is 7. The number of nitrogens with two attached hydrogens (primary N) is 1. The zero-order valence-corrected chi connectivity index (χ0v) is 12.3. The van der Waals surface area contributed by atoms with Crippen LogP contribution in [0.4, 0.5) is 0 Å². The first kappa shape index (κ1) is 15.7. The van der Waals surface area contributed by atoms with E-state index in [9.17, 15) is 4.57 Å². The molecule has 0 saturated heterocycles. The first-order valence-electron chi connectivity index (χ1n) is 5.90. The Bertz CT molecular complexity index is 400. The average Bonchev–Trinajstić information content (AvgIpc) is 2.30. The molecule has 0 amide bonds. The Kier molecular flexibility index (Phi) is 6.33. The SMILES string of the molecule is CCOP(=O)(C[C@H](N)c1ccc(Cl)cc1)OCC. The summed E-state index contributed by atoms with van der Waals surface area (Å²) in [5.41, 5.74) is 6.88. The average molecular weight is 292 g/mol. The molecule has 1 aromatic carbocycles. The van der Waals surface area contributed by atoms with Gasteiger partial charge in [0.25, 0.3) is 0 Å². The van der Waals surface area contributed by atoms with E-state index in [1.54, 1.807) is 26.0 Å². The molecule has 0 fully saturated rings. The van der Waals surface area contributed by atoms with E-state index in [1.165, 1.54) is 0 Å². The largest absolute Gasteiger partial charge is 0.332 e. The lowest BCUT2D eigenvalue weighted by Crippen LogP contribution is -2.17. The van der Waals surface area contributed by atoms with Crippen LogP contribution in [0.15, 0.2) is 24.3 Å². The van der Waals surface area contributed by atoms with E-state index in [4.69, 9.17) is 26.4 Å². The van der Waals surface area contributed by atoms with Crippen LogP contribution in [0.5, 0.6) is 0 Å². The summed E-state index contributed by atoms with van der Waals surface area (Å²) in [4.78, 5) is 0. The van der Waals surface area contributed by atoms with Crippen LogP contribution in [0.2, 0.25) is 5.02 Å². The predicted octanol–water partition coefficient (Wildman–Crippen LogP) is 3.61. The minimum Gasteiger partial charge on any atom is -0.323 e. The highest BCUT2D eigenvalue weighted by Gasteiger charge is 2.27. The van der Waals surface area contributed by atoms with E-state index in [1.807, 2.05) is 12.1 Å². The van der Waals surface area contributed by atoms with Crippen LogP contribution in [-0.2, 0) is 13.6 Å². The van der Waals surface area contributed by atoms with E-state index in [0.29, 0.717) is 18.2 Å². The van der Waals surface area contributed by atoms with Gasteiger partial charge in [-0.2, -0.15) is 0 Å². The van der Waals surface area contributed by atoms with Gasteiger partial charge in [-0.1, -0.05) is 23.7 Å². The number of hydrogen-bond acceptors (Lipinski definition) is 4. The van der Waals surface area contributed by atoms with Crippen LogP contribution in [0.3, 0.4) is 0 Å². The van der Waals surface area contributed by atoms with Crippen molar-refractivity contribution < 1.29 is 13.6 Å². The maximum Gasteiger partial charge on any atom is 0.332 e. The van der Waals surface area contributed by atoms with Crippen molar-refractivity contribution in [3.8, 4) is 0 Å². The minimum atomic E-state index is -3.11. The second kappa shape index (κ2) is 7.27. The molecule has 0 spiro atoms. The summed E-state index contributed by atoms with van der Waals surface area (Å²) in [6, 6.07) is 6.74. The van der Waals surface area contributed by atoms with Gasteiger partial charge in [0, 0.05) is 11.1 Å². The summed E-state index contributed by atoms with van der Waals surface area (Å²) >= 11 is 5.80. The lowest BCUT2D eigenvalue weighted by atomic mass is 10.1. The van der Waals surface area contributed by atoms with Gasteiger partial charge in [-0.15, -0.1) is 0 Å². The van der Waals surface area contributed by atoms with Gasteiger partial charge in [0.2, 0.25) is 0 Å². The molecule has 0 heterocycles. The molecular weight excluding hydrogens is 273 g/mol. The normalized spacial score (nSPS) is 13.6. The van der Waals surface area contributed by atoms with Crippen molar-refractivity contribution in [3.05, 3.63) is 34.9 Å². The van der Waals surface area contributed by atoms with Crippen molar-refractivity contribution in [3.63, 3.8) is 0 Å². The summed E-state index contributed by atoms with van der Waals surface area (Å²) in [6.45, 7) is 4.23. The standard InChI is InChI=1S/C12H19ClNO3P/c1-3-16-18(15,17-4-2)9-12(14)10-5-7-11(13)8-6-10/h5-8,12H,3-4,9,14H2,1-2H3/t12-/m0/s1. The molecule has 0 unspecified atom stereocenters. The van der Waals surface area contributed by atoms with E-state index >= 15 is 0 Å². The van der Waals surface area contributed by atoms with E-state index in [0.717, 1.165) is 5.56 Å². The van der Waals surface area contributed by atoms with Crippen molar-refractivity contribution in [2.75, 3.05) is 19.4 Å². The van der Waals surface area contributed by atoms with Crippen molar-refractivity contribution >= 4 is 19.2 Å². The molecule has 6 heteroatoms. The molecule has 18 heavy (non-hydrogen) atoms. The lowest BCUT2D eigenvalue weighted by Gasteiger charge is -2.20. The van der Waals surface area contributed by atoms with Crippen LogP contribution in [0.25, 0.3) is 0 Å². The van der Waals surface area contributed by atoms with E-state index in [-0.39, 0.29) is 6.16 Å². The zero-order valence-electron chi connectivity index (χ0n) is 10.6. The Morgan fingerprint density at radius 2 is 1.72 bits per heavy atom. The maximum absolute atomic E-state index is 12.3. The fraction of sp³-hybridized carbons (Fsp3) is 0.500. The third kappa shape index (κ3) is 4.71. The van der Waals surface area contributed by atoms with Gasteiger partial charge >= 0.3 is 7.60 Å². The van der Waals surface area contributed by atoms with E-state index < -0.39 is 13.6 Å². The molecule has 1 rings (SSSR count). The summed E-state index contributed by atoms with van der Waals surface area (Å²) in [6.07, 6.45) is 0.163. The smallest absolute Gasteiger partial charge is 0.323 e. The zero-order chi connectivity index (χ0) is 13.6. The third-order valence-electron chi connectivity index (χ3n) is 2.37. The molecule has 0 aliphatic carbocycles. The number of hydrogen-bond donors (Lipinski definition) is 1. The highest BCUT2D eigenvalue weighted by Crippen LogP contribution is 2.50. The molecular formula is C12H19ClNO3P. The van der Waals surface area contributed by atoms with Gasteiger partial charge in [-0.05, 0) is 31.5 Å². The molecule has 0 bridgehead atoms. The van der Waals surface area contributed by atoms with E-state index in [2.05, 4.69) is 0 Å².